The fourth-order valence-corrected chi connectivity index (χ4v) is 1.99. The molecule has 0 amide bonds. The van der Waals surface area contributed by atoms with Gasteiger partial charge in [-0.1, -0.05) is 13.8 Å². The van der Waals surface area contributed by atoms with Crippen LogP contribution in [0.2, 0.25) is 0 Å². The molecule has 0 N–H and O–H groups in total. The van der Waals surface area contributed by atoms with Crippen LogP contribution in [0.3, 0.4) is 0 Å². The molecule has 2 heteroatoms. The zero-order valence-electron chi connectivity index (χ0n) is 8.17. The summed E-state index contributed by atoms with van der Waals surface area (Å²) in [5.41, 5.74) is 0. The van der Waals surface area contributed by atoms with Crippen LogP contribution >= 0.6 is 0 Å². The lowest BCUT2D eigenvalue weighted by molar-refractivity contribution is -0.146. The van der Waals surface area contributed by atoms with Crippen molar-refractivity contribution < 1.29 is 9.53 Å². The molecule has 0 aromatic rings. The van der Waals surface area contributed by atoms with Gasteiger partial charge in [-0.05, 0) is 31.1 Å². The third-order valence-corrected chi connectivity index (χ3v) is 2.53. The molecule has 2 atom stereocenters. The quantitative estimate of drug-likeness (QED) is 0.565. The maximum absolute atomic E-state index is 10.5. The average molecular weight is 170 g/mol. The summed E-state index contributed by atoms with van der Waals surface area (Å²) in [7, 11) is 0. The topological polar surface area (TPSA) is 26.3 Å². The Balaban J connectivity index is 0.000000336. The number of carbonyl (C=O) groups excluding carboxylic acids is 1. The first-order valence-corrected chi connectivity index (χ1v) is 4.93. The summed E-state index contributed by atoms with van der Waals surface area (Å²) in [6.07, 6.45) is 3.91. The second kappa shape index (κ2) is 3.92. The van der Waals surface area contributed by atoms with Crippen molar-refractivity contribution in [3.63, 3.8) is 0 Å². The normalized spacial score (nSPS) is 36.1. The summed E-state index contributed by atoms with van der Waals surface area (Å²) < 4.78 is 5.07. The van der Waals surface area contributed by atoms with Crippen LogP contribution in [0.5, 0.6) is 0 Å². The molecule has 0 aliphatic heterocycles. The van der Waals surface area contributed by atoms with Crippen molar-refractivity contribution in [1.82, 2.24) is 0 Å². The smallest absolute Gasteiger partial charge is 0.302 e. The highest BCUT2D eigenvalue weighted by molar-refractivity contribution is 5.66. The highest BCUT2D eigenvalue weighted by Gasteiger charge is 2.46. The molecule has 2 saturated carbocycles. The van der Waals surface area contributed by atoms with E-state index in [1.807, 2.05) is 13.8 Å². The van der Waals surface area contributed by atoms with Gasteiger partial charge in [0, 0.05) is 6.92 Å². The maximum Gasteiger partial charge on any atom is 0.302 e. The van der Waals surface area contributed by atoms with Gasteiger partial charge in [-0.15, -0.1) is 0 Å². The van der Waals surface area contributed by atoms with Crippen LogP contribution in [0.4, 0.5) is 0 Å². The summed E-state index contributed by atoms with van der Waals surface area (Å²) in [5.74, 6) is 1.69. The second-order valence-corrected chi connectivity index (χ2v) is 3.46. The van der Waals surface area contributed by atoms with Crippen molar-refractivity contribution in [2.24, 2.45) is 11.8 Å². The third kappa shape index (κ3) is 2.23. The molecule has 2 rings (SSSR count). The molecule has 12 heavy (non-hydrogen) atoms. The monoisotopic (exact) mass is 170 g/mol. The van der Waals surface area contributed by atoms with Crippen LogP contribution in [-0.4, -0.2) is 12.1 Å². The first-order chi connectivity index (χ1) is 5.75. The predicted molar refractivity (Wildman–Crippen MR) is 47.7 cm³/mol. The van der Waals surface area contributed by atoms with E-state index in [0.717, 1.165) is 24.7 Å². The van der Waals surface area contributed by atoms with Crippen LogP contribution in [0.1, 0.15) is 40.0 Å². The van der Waals surface area contributed by atoms with Crippen LogP contribution < -0.4 is 0 Å². The molecule has 2 fully saturated rings. The van der Waals surface area contributed by atoms with E-state index in [0.29, 0.717) is 0 Å². The van der Waals surface area contributed by atoms with Crippen molar-refractivity contribution >= 4 is 5.97 Å². The Labute approximate surface area is 74.3 Å². The number of carbonyl (C=O) groups is 1. The van der Waals surface area contributed by atoms with Gasteiger partial charge in [0.1, 0.15) is 6.10 Å². The third-order valence-electron chi connectivity index (χ3n) is 2.53. The van der Waals surface area contributed by atoms with Gasteiger partial charge in [0.2, 0.25) is 0 Å². The van der Waals surface area contributed by atoms with E-state index >= 15 is 0 Å². The Hall–Kier alpha value is -0.530. The molecule has 2 nitrogen and oxygen atoms in total. The van der Waals surface area contributed by atoms with Gasteiger partial charge >= 0.3 is 5.97 Å². The number of ether oxygens (including phenoxy) is 1. The van der Waals surface area contributed by atoms with Gasteiger partial charge in [0.25, 0.3) is 0 Å². The van der Waals surface area contributed by atoms with E-state index in [1.165, 1.54) is 13.3 Å². The minimum atomic E-state index is -0.119. The van der Waals surface area contributed by atoms with Crippen molar-refractivity contribution in [3.05, 3.63) is 0 Å². The lowest BCUT2D eigenvalue weighted by Gasteiger charge is -2.10. The molecular weight excluding hydrogens is 152 g/mol. The minimum absolute atomic E-state index is 0.119. The van der Waals surface area contributed by atoms with Crippen molar-refractivity contribution in [3.8, 4) is 0 Å². The maximum atomic E-state index is 10.5. The van der Waals surface area contributed by atoms with Gasteiger partial charge < -0.3 is 4.74 Å². The molecule has 2 unspecified atom stereocenters. The molecule has 2 aliphatic carbocycles. The molecule has 0 saturated heterocycles. The molecule has 0 aromatic heterocycles. The van der Waals surface area contributed by atoms with Crippen LogP contribution in [-0.2, 0) is 9.53 Å². The summed E-state index contributed by atoms with van der Waals surface area (Å²) in [5, 5.41) is 0. The molecule has 70 valence electrons. The molecule has 0 bridgehead atoms. The van der Waals surface area contributed by atoms with Crippen molar-refractivity contribution in [2.75, 3.05) is 0 Å². The summed E-state index contributed by atoms with van der Waals surface area (Å²) in [4.78, 5) is 10.5. The fraction of sp³-hybridized carbons (Fsp3) is 0.900. The van der Waals surface area contributed by atoms with Crippen LogP contribution in [0.25, 0.3) is 0 Å². The Morgan fingerprint density at radius 2 is 1.67 bits per heavy atom. The highest BCUT2D eigenvalue weighted by Crippen LogP contribution is 2.52. The number of fused-ring (bicyclic) bond motifs is 1. The lowest BCUT2D eigenvalue weighted by Crippen LogP contribution is -2.13. The van der Waals surface area contributed by atoms with Gasteiger partial charge in [-0.2, -0.15) is 0 Å². The van der Waals surface area contributed by atoms with Crippen molar-refractivity contribution in [1.29, 1.82) is 0 Å². The molecule has 0 aromatic carbocycles. The van der Waals surface area contributed by atoms with E-state index in [9.17, 15) is 4.79 Å². The van der Waals surface area contributed by atoms with E-state index in [1.54, 1.807) is 0 Å². The molecule has 0 heterocycles. The summed E-state index contributed by atoms with van der Waals surface area (Å²) >= 11 is 0. The highest BCUT2D eigenvalue weighted by atomic mass is 16.5. The molecule has 2 aliphatic rings. The Bertz CT molecular complexity index is 155. The number of hydrogen-bond acceptors (Lipinski definition) is 2. The Morgan fingerprint density at radius 1 is 1.17 bits per heavy atom. The minimum Gasteiger partial charge on any atom is -0.463 e. The largest absolute Gasteiger partial charge is 0.463 e. The molecule has 0 spiro atoms. The first-order valence-electron chi connectivity index (χ1n) is 4.93. The molecular formula is C10H18O2. The Kier molecular flexibility index (Phi) is 3.12. The van der Waals surface area contributed by atoms with E-state index in [-0.39, 0.29) is 12.1 Å². The molecule has 0 radical (unpaired) electrons. The second-order valence-electron chi connectivity index (χ2n) is 3.46. The Morgan fingerprint density at radius 3 is 2.08 bits per heavy atom. The summed E-state index contributed by atoms with van der Waals surface area (Å²) in [6, 6.07) is 0. The van der Waals surface area contributed by atoms with E-state index in [2.05, 4.69) is 0 Å². The average Bonchev–Trinajstić information content (AvgIpc) is 2.62. The fourth-order valence-electron chi connectivity index (χ4n) is 1.99. The van der Waals surface area contributed by atoms with Crippen molar-refractivity contribution in [2.45, 2.75) is 46.1 Å². The first kappa shape index (κ1) is 9.56. The number of esters is 1. The SMILES string of the molecule is CC.CC(=O)OC1CC2CC2C1. The van der Waals surface area contributed by atoms with Gasteiger partial charge in [-0.25, -0.2) is 0 Å². The van der Waals surface area contributed by atoms with E-state index < -0.39 is 0 Å². The summed E-state index contributed by atoms with van der Waals surface area (Å²) in [6.45, 7) is 5.49. The van der Waals surface area contributed by atoms with E-state index in [4.69, 9.17) is 4.74 Å². The lowest BCUT2D eigenvalue weighted by atomic mass is 10.2. The van der Waals surface area contributed by atoms with Crippen LogP contribution in [0.15, 0.2) is 0 Å². The van der Waals surface area contributed by atoms with Gasteiger partial charge in [0.05, 0.1) is 0 Å². The van der Waals surface area contributed by atoms with Crippen LogP contribution in [0, 0.1) is 11.8 Å². The van der Waals surface area contributed by atoms with Gasteiger partial charge in [0.15, 0.2) is 0 Å². The number of rotatable bonds is 1. The standard InChI is InChI=1S/C8H12O2.C2H6/c1-5(9)10-8-3-6-2-7(6)4-8;1-2/h6-8H,2-4H2,1H3;1-2H3. The predicted octanol–water partition coefficient (Wildman–Crippen LogP) is 2.37. The zero-order chi connectivity index (χ0) is 9.14. The zero-order valence-corrected chi connectivity index (χ0v) is 8.17. The van der Waals surface area contributed by atoms with Gasteiger partial charge in [-0.3, -0.25) is 4.79 Å². The number of hydrogen-bond donors (Lipinski definition) is 0.